The Morgan fingerprint density at radius 2 is 1.05 bits per heavy atom. The summed E-state index contributed by atoms with van der Waals surface area (Å²) in [5.41, 5.74) is -1.42. The van der Waals surface area contributed by atoms with Gasteiger partial charge in [-0.2, -0.15) is 21.8 Å². The van der Waals surface area contributed by atoms with Crippen LogP contribution in [0.5, 0.6) is 11.5 Å². The van der Waals surface area contributed by atoms with E-state index in [1.807, 2.05) is 11.8 Å². The first kappa shape index (κ1) is 58.7. The molecule has 76 heavy (non-hydrogen) atoms. The number of thioether (sulfide) groups is 2. The molecule has 0 atom stereocenters. The number of alkyl halides is 3. The quantitative estimate of drug-likeness (QED) is 0.0503. The number of piperidine rings is 2. The number of carbonyl (C=O) groups excluding carboxylic acids is 2. The molecule has 2 aromatic heterocycles. The Labute approximate surface area is 459 Å². The highest BCUT2D eigenvalue weighted by Gasteiger charge is 2.33. The summed E-state index contributed by atoms with van der Waals surface area (Å²) in [5, 5.41) is 12.6. The van der Waals surface area contributed by atoms with Crippen LogP contribution in [0.2, 0.25) is 0 Å². The van der Waals surface area contributed by atoms with E-state index in [-0.39, 0.29) is 51.8 Å². The predicted molar refractivity (Wildman–Crippen MR) is 295 cm³/mol. The molecule has 23 heteroatoms. The molecular formula is C53H61F3N6O8S6. The third-order valence-electron chi connectivity index (χ3n) is 12.4. The maximum absolute atomic E-state index is 13.2. The number of ether oxygens (including phenoxy) is 2. The van der Waals surface area contributed by atoms with E-state index in [1.165, 1.54) is 45.3 Å². The second kappa shape index (κ2) is 27.6. The molecule has 2 aliphatic heterocycles. The van der Waals surface area contributed by atoms with Gasteiger partial charge in [-0.3, -0.25) is 9.59 Å². The Kier molecular flexibility index (Phi) is 21.3. The molecule has 0 aliphatic carbocycles. The topological polar surface area (TPSA) is 175 Å². The van der Waals surface area contributed by atoms with Gasteiger partial charge in [0.25, 0.3) is 31.9 Å². The molecule has 0 saturated carbocycles. The lowest BCUT2D eigenvalue weighted by molar-refractivity contribution is -0.0328. The standard InChI is InChI=1S/C27H33N3O4S3.C26H28F3N3O4S3/c1-3-35-24-9-7-20(8-10-24)18-28-22-13-15-30(16-14-22)37(32,33)26-12-11-25(36-26)19-29-27(31)21-5-4-6-23(17-21)34-2;1-36-21-6-3-5-19(15-21)25(33)31-17-23-8-9-24(37-23)39(34,35)32-12-10-20(11-13-32)30-16-18-4-2-7-22(14-18)38-26(27,28)29/h4-12,17,22,28H,3,13-16,18-19H2,1-2H3,(H,29,31);2-9,14-15,20,30H,10-13,16-17H2,1H3,(H,31,33). The summed E-state index contributed by atoms with van der Waals surface area (Å²) in [7, 11) is -4.15. The van der Waals surface area contributed by atoms with E-state index in [1.54, 1.807) is 96.3 Å². The van der Waals surface area contributed by atoms with Crippen molar-refractivity contribution in [2.24, 2.45) is 0 Å². The Hall–Kier alpha value is -4.95. The van der Waals surface area contributed by atoms with Crippen molar-refractivity contribution in [1.29, 1.82) is 0 Å². The molecule has 4 heterocycles. The smallest absolute Gasteiger partial charge is 0.446 e. The molecule has 2 amide bonds. The van der Waals surface area contributed by atoms with Crippen molar-refractivity contribution in [3.8, 4) is 11.5 Å². The number of halogens is 3. The SMILES string of the molecule is CCSc1ccc(CNC2CCN(S(=O)(=O)c3ccc(CNC(=O)c4cccc(OC)c4)s3)CC2)cc1.COc1cccc(C(=O)NCc2ccc(S(=O)(=O)N3CCC(NCc4cccc(SC(F)(F)F)c4)CC3)s2)c1. The molecule has 0 bridgehead atoms. The van der Waals surface area contributed by atoms with Crippen LogP contribution in [-0.4, -0.2) is 101 Å². The largest absolute Gasteiger partial charge is 0.497 e. The summed E-state index contributed by atoms with van der Waals surface area (Å²) in [5.74, 6) is 1.72. The van der Waals surface area contributed by atoms with Crippen LogP contribution in [0.3, 0.4) is 0 Å². The monoisotopic (exact) mass is 1160 g/mol. The minimum Gasteiger partial charge on any atom is -0.497 e. The van der Waals surface area contributed by atoms with Crippen molar-refractivity contribution in [1.82, 2.24) is 29.9 Å². The van der Waals surface area contributed by atoms with Crippen molar-refractivity contribution in [3.05, 3.63) is 153 Å². The highest BCUT2D eigenvalue weighted by molar-refractivity contribution is 8.00. The van der Waals surface area contributed by atoms with Crippen LogP contribution in [-0.2, 0) is 46.2 Å². The molecule has 2 saturated heterocycles. The van der Waals surface area contributed by atoms with E-state index in [9.17, 15) is 39.6 Å². The molecule has 4 aromatic carbocycles. The maximum Gasteiger partial charge on any atom is 0.446 e. The van der Waals surface area contributed by atoms with Crippen molar-refractivity contribution >= 4 is 78.1 Å². The van der Waals surface area contributed by atoms with Gasteiger partial charge in [-0.15, -0.1) is 34.4 Å². The van der Waals surface area contributed by atoms with E-state index in [2.05, 4.69) is 52.5 Å². The van der Waals surface area contributed by atoms with Crippen LogP contribution >= 0.6 is 46.2 Å². The molecule has 2 aliphatic rings. The summed E-state index contributed by atoms with van der Waals surface area (Å²) in [6, 6.07) is 35.6. The summed E-state index contributed by atoms with van der Waals surface area (Å²) < 4.78 is 105. The lowest BCUT2D eigenvalue weighted by atomic mass is 10.1. The molecule has 4 N–H and O–H groups in total. The van der Waals surface area contributed by atoms with Gasteiger partial charge in [0.15, 0.2) is 0 Å². The lowest BCUT2D eigenvalue weighted by Crippen LogP contribution is -2.44. The average Bonchev–Trinajstić information content (AvgIpc) is 4.13. The lowest BCUT2D eigenvalue weighted by Gasteiger charge is -2.31. The van der Waals surface area contributed by atoms with Gasteiger partial charge in [-0.1, -0.05) is 43.3 Å². The van der Waals surface area contributed by atoms with Gasteiger partial charge in [0.05, 0.1) is 27.3 Å². The number of amides is 2. The molecule has 0 radical (unpaired) electrons. The van der Waals surface area contributed by atoms with Gasteiger partial charge in [0.2, 0.25) is 0 Å². The number of thiophene rings is 2. The number of carbonyl (C=O) groups is 2. The van der Waals surface area contributed by atoms with Gasteiger partial charge in [0, 0.05) is 82.0 Å². The van der Waals surface area contributed by atoms with Crippen molar-refractivity contribution in [2.75, 3.05) is 46.2 Å². The first-order chi connectivity index (χ1) is 36.4. The number of methoxy groups -OCH3 is 2. The van der Waals surface area contributed by atoms with Crippen molar-refractivity contribution in [3.63, 3.8) is 0 Å². The van der Waals surface area contributed by atoms with Gasteiger partial charge in [-0.05, 0) is 139 Å². The van der Waals surface area contributed by atoms with E-state index < -0.39 is 25.6 Å². The van der Waals surface area contributed by atoms with Gasteiger partial charge < -0.3 is 30.7 Å². The normalized spacial score (nSPS) is 15.1. The number of sulfonamides is 2. The summed E-state index contributed by atoms with van der Waals surface area (Å²) in [6.45, 7) is 5.45. The highest BCUT2D eigenvalue weighted by Crippen LogP contribution is 2.37. The minimum absolute atomic E-state index is 0.0566. The molecule has 14 nitrogen and oxygen atoms in total. The highest BCUT2D eigenvalue weighted by atomic mass is 32.3. The fourth-order valence-electron chi connectivity index (χ4n) is 8.35. The molecule has 408 valence electrons. The number of hydrogen-bond donors (Lipinski definition) is 4. The zero-order valence-electron chi connectivity index (χ0n) is 42.1. The predicted octanol–water partition coefficient (Wildman–Crippen LogP) is 9.98. The fourth-order valence-corrected chi connectivity index (χ4v) is 15.5. The Morgan fingerprint density at radius 1 is 0.592 bits per heavy atom. The van der Waals surface area contributed by atoms with Crippen LogP contribution in [0.25, 0.3) is 0 Å². The van der Waals surface area contributed by atoms with E-state index >= 15 is 0 Å². The Bertz CT molecular complexity index is 3090. The van der Waals surface area contributed by atoms with E-state index in [0.29, 0.717) is 83.3 Å². The first-order valence-corrected chi connectivity index (χ1v) is 30.8. The number of nitrogens with one attached hydrogen (secondary N) is 4. The summed E-state index contributed by atoms with van der Waals surface area (Å²) in [6.07, 6.45) is 2.73. The Balaban J connectivity index is 0.000000221. The first-order valence-electron chi connectivity index (χ1n) is 24.5. The van der Waals surface area contributed by atoms with E-state index in [0.717, 1.165) is 46.9 Å². The molecule has 0 spiro atoms. The van der Waals surface area contributed by atoms with Gasteiger partial charge in [-0.25, -0.2) is 16.8 Å². The summed E-state index contributed by atoms with van der Waals surface area (Å²) in [4.78, 5) is 27.8. The summed E-state index contributed by atoms with van der Waals surface area (Å²) >= 11 is 4.02. The molecule has 6 aromatic rings. The van der Waals surface area contributed by atoms with E-state index in [4.69, 9.17) is 9.47 Å². The maximum atomic E-state index is 13.2. The second-order valence-corrected chi connectivity index (χ2v) is 26.8. The molecular weight excluding hydrogens is 1100 g/mol. The van der Waals surface area contributed by atoms with Gasteiger partial charge in [0.1, 0.15) is 19.9 Å². The third-order valence-corrected chi connectivity index (χ3v) is 21.0. The molecule has 2 fully saturated rings. The van der Waals surface area contributed by atoms with Crippen molar-refractivity contribution < 1.29 is 49.1 Å². The second-order valence-electron chi connectivity index (χ2n) is 17.7. The zero-order valence-corrected chi connectivity index (χ0v) is 47.0. The van der Waals surface area contributed by atoms with Gasteiger partial charge >= 0.3 is 5.51 Å². The zero-order chi connectivity index (χ0) is 54.3. The minimum atomic E-state index is -4.33. The molecule has 0 unspecified atom stereocenters. The van der Waals surface area contributed by atoms with Crippen molar-refractivity contribution in [2.45, 2.75) is 94.6 Å². The third kappa shape index (κ3) is 17.0. The number of hydrogen-bond acceptors (Lipinski definition) is 14. The average molecular weight is 1160 g/mol. The van der Waals surface area contributed by atoms with Crippen LogP contribution < -0.4 is 30.7 Å². The fraction of sp³-hybridized carbons (Fsp3) is 0.358. The van der Waals surface area contributed by atoms with Crippen LogP contribution in [0, 0.1) is 0 Å². The Morgan fingerprint density at radius 3 is 1.50 bits per heavy atom. The number of rotatable bonds is 21. The van der Waals surface area contributed by atoms with Crippen LogP contribution in [0.1, 0.15) is 74.2 Å². The number of benzene rings is 4. The number of nitrogens with zero attached hydrogens (tertiary/aromatic N) is 2. The van der Waals surface area contributed by atoms with Crippen LogP contribution in [0.4, 0.5) is 13.2 Å². The molecule has 8 rings (SSSR count). The van der Waals surface area contributed by atoms with Crippen LogP contribution in [0.15, 0.2) is 140 Å².